The van der Waals surface area contributed by atoms with Crippen LogP contribution in [0.25, 0.3) is 10.2 Å². The van der Waals surface area contributed by atoms with Crippen LogP contribution in [0.4, 0.5) is 0 Å². The highest BCUT2D eigenvalue weighted by Crippen LogP contribution is 2.25. The van der Waals surface area contributed by atoms with Gasteiger partial charge in [0.15, 0.2) is 0 Å². The molecule has 0 amide bonds. The molecule has 2 aromatic heterocycles. The molecule has 0 aliphatic carbocycles. The highest BCUT2D eigenvalue weighted by Gasteiger charge is 2.14. The second-order valence-electron chi connectivity index (χ2n) is 4.05. The molecule has 0 saturated carbocycles. The van der Waals surface area contributed by atoms with Crippen molar-refractivity contribution in [2.75, 3.05) is 13.1 Å². The van der Waals surface area contributed by atoms with Gasteiger partial charge in [0.05, 0.1) is 6.54 Å². The van der Waals surface area contributed by atoms with Gasteiger partial charge in [-0.05, 0) is 37.4 Å². The highest BCUT2D eigenvalue weighted by atomic mass is 35.5. The first-order valence-electron chi connectivity index (χ1n) is 5.45. The Balaban J connectivity index is 1.91. The lowest BCUT2D eigenvalue weighted by Crippen LogP contribution is -2.20. The van der Waals surface area contributed by atoms with Gasteiger partial charge in [0, 0.05) is 5.39 Å². The Hall–Kier alpha value is -0.710. The van der Waals surface area contributed by atoms with Gasteiger partial charge in [-0.15, -0.1) is 11.3 Å². The van der Waals surface area contributed by atoms with Crippen LogP contribution in [0.1, 0.15) is 18.7 Å². The molecular weight excluding hydrogens is 242 g/mol. The maximum Gasteiger partial charge on any atom is 0.145 e. The number of rotatable bonds is 2. The number of nitrogens with zero attached hydrogens (tertiary/aromatic N) is 3. The standard InChI is InChI=1S/C11H12ClN3S/c12-10-8-3-6-16-11(8)14-9(13-10)7-15-4-1-2-5-15/h3,6H,1-2,4-5,7H2. The first kappa shape index (κ1) is 10.4. The van der Waals surface area contributed by atoms with Gasteiger partial charge in [-0.1, -0.05) is 11.6 Å². The minimum Gasteiger partial charge on any atom is -0.296 e. The molecule has 16 heavy (non-hydrogen) atoms. The van der Waals surface area contributed by atoms with E-state index in [-0.39, 0.29) is 0 Å². The van der Waals surface area contributed by atoms with Gasteiger partial charge in [-0.3, -0.25) is 4.90 Å². The Kier molecular flexibility index (Phi) is 2.79. The van der Waals surface area contributed by atoms with E-state index in [1.54, 1.807) is 11.3 Å². The number of aromatic nitrogens is 2. The van der Waals surface area contributed by atoms with Gasteiger partial charge in [0.25, 0.3) is 0 Å². The third-order valence-electron chi connectivity index (χ3n) is 2.89. The first-order valence-corrected chi connectivity index (χ1v) is 6.71. The monoisotopic (exact) mass is 253 g/mol. The predicted octanol–water partition coefficient (Wildman–Crippen LogP) is 2.94. The molecule has 3 rings (SSSR count). The Labute approximate surface area is 103 Å². The van der Waals surface area contributed by atoms with Crippen molar-refractivity contribution in [2.24, 2.45) is 0 Å². The molecule has 1 saturated heterocycles. The number of fused-ring (bicyclic) bond motifs is 1. The fraction of sp³-hybridized carbons (Fsp3) is 0.455. The van der Waals surface area contributed by atoms with Crippen molar-refractivity contribution in [3.63, 3.8) is 0 Å². The quantitative estimate of drug-likeness (QED) is 0.771. The van der Waals surface area contributed by atoms with E-state index in [1.807, 2.05) is 11.4 Å². The summed E-state index contributed by atoms with van der Waals surface area (Å²) in [5.41, 5.74) is 0. The van der Waals surface area contributed by atoms with Crippen molar-refractivity contribution in [1.82, 2.24) is 14.9 Å². The van der Waals surface area contributed by atoms with Crippen LogP contribution in [0.5, 0.6) is 0 Å². The molecular formula is C11H12ClN3S. The van der Waals surface area contributed by atoms with Gasteiger partial charge in [0.1, 0.15) is 15.8 Å². The SMILES string of the molecule is Clc1nc(CN2CCCC2)nc2sccc12. The van der Waals surface area contributed by atoms with Crippen LogP contribution >= 0.6 is 22.9 Å². The summed E-state index contributed by atoms with van der Waals surface area (Å²) in [7, 11) is 0. The van der Waals surface area contributed by atoms with Crippen LogP contribution in [0, 0.1) is 0 Å². The summed E-state index contributed by atoms with van der Waals surface area (Å²) in [5, 5.41) is 3.56. The molecule has 84 valence electrons. The lowest BCUT2D eigenvalue weighted by atomic mass is 10.4. The largest absolute Gasteiger partial charge is 0.296 e. The molecule has 0 aromatic carbocycles. The average Bonchev–Trinajstić information content (AvgIpc) is 2.87. The van der Waals surface area contributed by atoms with E-state index in [0.717, 1.165) is 35.7 Å². The predicted molar refractivity (Wildman–Crippen MR) is 66.9 cm³/mol. The summed E-state index contributed by atoms with van der Waals surface area (Å²) in [5.74, 6) is 0.849. The molecule has 1 fully saturated rings. The molecule has 1 aliphatic heterocycles. The fourth-order valence-electron chi connectivity index (χ4n) is 2.07. The number of hydrogen-bond donors (Lipinski definition) is 0. The number of thiophene rings is 1. The number of hydrogen-bond acceptors (Lipinski definition) is 4. The Bertz CT molecular complexity index is 505. The molecule has 3 heterocycles. The van der Waals surface area contributed by atoms with E-state index in [0.29, 0.717) is 5.15 Å². The van der Waals surface area contributed by atoms with Crippen LogP contribution in [-0.2, 0) is 6.54 Å². The third kappa shape index (κ3) is 1.93. The van der Waals surface area contributed by atoms with Gasteiger partial charge in [-0.25, -0.2) is 9.97 Å². The zero-order chi connectivity index (χ0) is 11.0. The molecule has 0 spiro atoms. The Morgan fingerprint density at radius 3 is 2.94 bits per heavy atom. The third-order valence-corrected chi connectivity index (χ3v) is 3.98. The number of halogens is 1. The topological polar surface area (TPSA) is 29.0 Å². The van der Waals surface area contributed by atoms with Crippen LogP contribution in [0.15, 0.2) is 11.4 Å². The Morgan fingerprint density at radius 1 is 1.31 bits per heavy atom. The summed E-state index contributed by atoms with van der Waals surface area (Å²) in [6.07, 6.45) is 2.57. The maximum absolute atomic E-state index is 6.13. The lowest BCUT2D eigenvalue weighted by Gasteiger charge is -2.12. The average molecular weight is 254 g/mol. The summed E-state index contributed by atoms with van der Waals surface area (Å²) in [6, 6.07) is 1.97. The zero-order valence-electron chi connectivity index (χ0n) is 8.82. The second kappa shape index (κ2) is 4.28. The van der Waals surface area contributed by atoms with E-state index in [2.05, 4.69) is 14.9 Å². The van der Waals surface area contributed by atoms with Crippen molar-refractivity contribution >= 4 is 33.2 Å². The van der Waals surface area contributed by atoms with E-state index < -0.39 is 0 Å². The zero-order valence-corrected chi connectivity index (χ0v) is 10.4. The van der Waals surface area contributed by atoms with Gasteiger partial charge < -0.3 is 0 Å². The summed E-state index contributed by atoms with van der Waals surface area (Å²) in [4.78, 5) is 12.3. The smallest absolute Gasteiger partial charge is 0.145 e. The molecule has 0 radical (unpaired) electrons. The summed E-state index contributed by atoms with van der Waals surface area (Å²) >= 11 is 7.75. The molecule has 0 bridgehead atoms. The molecule has 0 atom stereocenters. The van der Waals surface area contributed by atoms with E-state index in [4.69, 9.17) is 11.6 Å². The molecule has 1 aliphatic rings. The minimum absolute atomic E-state index is 0.584. The van der Waals surface area contributed by atoms with Gasteiger partial charge in [0.2, 0.25) is 0 Å². The van der Waals surface area contributed by atoms with Crippen LogP contribution in [-0.4, -0.2) is 28.0 Å². The van der Waals surface area contributed by atoms with E-state index in [1.165, 1.54) is 12.8 Å². The fourth-order valence-corrected chi connectivity index (χ4v) is 3.16. The van der Waals surface area contributed by atoms with Crippen molar-refractivity contribution in [2.45, 2.75) is 19.4 Å². The molecule has 0 unspecified atom stereocenters. The van der Waals surface area contributed by atoms with Crippen molar-refractivity contribution in [3.8, 4) is 0 Å². The normalized spacial score (nSPS) is 17.3. The summed E-state index contributed by atoms with van der Waals surface area (Å²) in [6.45, 7) is 3.14. The van der Waals surface area contributed by atoms with E-state index >= 15 is 0 Å². The van der Waals surface area contributed by atoms with Crippen LogP contribution < -0.4 is 0 Å². The molecule has 0 N–H and O–H groups in total. The number of likely N-dealkylation sites (tertiary alicyclic amines) is 1. The van der Waals surface area contributed by atoms with E-state index in [9.17, 15) is 0 Å². The molecule has 2 aromatic rings. The molecule has 3 nitrogen and oxygen atoms in total. The Morgan fingerprint density at radius 2 is 2.12 bits per heavy atom. The first-order chi connectivity index (χ1) is 7.83. The van der Waals surface area contributed by atoms with Crippen LogP contribution in [0.3, 0.4) is 0 Å². The maximum atomic E-state index is 6.13. The second-order valence-corrected chi connectivity index (χ2v) is 5.31. The molecule has 5 heteroatoms. The lowest BCUT2D eigenvalue weighted by molar-refractivity contribution is 0.323. The minimum atomic E-state index is 0.584. The van der Waals surface area contributed by atoms with Gasteiger partial charge >= 0.3 is 0 Å². The van der Waals surface area contributed by atoms with Gasteiger partial charge in [-0.2, -0.15) is 0 Å². The van der Waals surface area contributed by atoms with Crippen molar-refractivity contribution in [1.29, 1.82) is 0 Å². The summed E-state index contributed by atoms with van der Waals surface area (Å²) < 4.78 is 0. The van der Waals surface area contributed by atoms with Crippen molar-refractivity contribution < 1.29 is 0 Å². The van der Waals surface area contributed by atoms with Crippen LogP contribution in [0.2, 0.25) is 5.15 Å². The highest BCUT2D eigenvalue weighted by molar-refractivity contribution is 7.16. The van der Waals surface area contributed by atoms with Crippen molar-refractivity contribution in [3.05, 3.63) is 22.4 Å².